The van der Waals surface area contributed by atoms with Crippen LogP contribution in [0.2, 0.25) is 5.02 Å². The molecule has 6 heteroatoms. The summed E-state index contributed by atoms with van der Waals surface area (Å²) in [7, 11) is 1.83. The van der Waals surface area contributed by atoms with Gasteiger partial charge in [0.1, 0.15) is 0 Å². The molecule has 0 aliphatic rings. The van der Waals surface area contributed by atoms with Gasteiger partial charge in [0.05, 0.1) is 33.3 Å². The van der Waals surface area contributed by atoms with Gasteiger partial charge in [0.2, 0.25) is 0 Å². The van der Waals surface area contributed by atoms with Crippen molar-refractivity contribution >= 4 is 28.9 Å². The van der Waals surface area contributed by atoms with Gasteiger partial charge in [0, 0.05) is 7.05 Å². The second-order valence-electron chi connectivity index (χ2n) is 4.32. The van der Waals surface area contributed by atoms with Gasteiger partial charge in [-0.3, -0.25) is 9.48 Å². The number of anilines is 2. The average Bonchev–Trinajstić information content (AvgIpc) is 2.59. The molecule has 0 aliphatic heterocycles. The van der Waals surface area contributed by atoms with Crippen molar-refractivity contribution in [3.8, 4) is 0 Å². The largest absolute Gasteiger partial charge is 0.397 e. The minimum Gasteiger partial charge on any atom is -0.397 e. The first-order valence-electron chi connectivity index (χ1n) is 5.77. The van der Waals surface area contributed by atoms with Gasteiger partial charge in [-0.2, -0.15) is 5.10 Å². The number of benzene rings is 1. The van der Waals surface area contributed by atoms with Gasteiger partial charge in [0.25, 0.3) is 5.91 Å². The van der Waals surface area contributed by atoms with E-state index in [0.717, 1.165) is 11.4 Å². The van der Waals surface area contributed by atoms with Gasteiger partial charge in [-0.05, 0) is 26.0 Å². The molecule has 0 saturated carbocycles. The van der Waals surface area contributed by atoms with E-state index in [1.165, 1.54) is 0 Å². The summed E-state index contributed by atoms with van der Waals surface area (Å²) < 4.78 is 1.71. The molecule has 0 spiro atoms. The number of halogens is 1. The summed E-state index contributed by atoms with van der Waals surface area (Å²) in [5.74, 6) is -0.292. The molecule has 5 nitrogen and oxygen atoms in total. The molecule has 0 saturated heterocycles. The highest BCUT2D eigenvalue weighted by atomic mass is 35.5. The van der Waals surface area contributed by atoms with Crippen molar-refractivity contribution in [2.45, 2.75) is 13.8 Å². The van der Waals surface area contributed by atoms with Crippen molar-refractivity contribution in [3.63, 3.8) is 0 Å². The number of hydrogen-bond acceptors (Lipinski definition) is 3. The maximum absolute atomic E-state index is 12.2. The Labute approximate surface area is 116 Å². The van der Waals surface area contributed by atoms with Gasteiger partial charge in [0.15, 0.2) is 0 Å². The maximum Gasteiger partial charge on any atom is 0.257 e. The zero-order valence-electron chi connectivity index (χ0n) is 11.0. The van der Waals surface area contributed by atoms with Crippen LogP contribution >= 0.6 is 11.6 Å². The third-order valence-corrected chi connectivity index (χ3v) is 3.37. The van der Waals surface area contributed by atoms with Crippen LogP contribution in [0.3, 0.4) is 0 Å². The van der Waals surface area contributed by atoms with Crippen LogP contribution in [0, 0.1) is 13.8 Å². The van der Waals surface area contributed by atoms with Crippen LogP contribution in [0.4, 0.5) is 11.4 Å². The van der Waals surface area contributed by atoms with E-state index in [2.05, 4.69) is 10.4 Å². The number of nitrogens with two attached hydrogens (primary N) is 1. The second-order valence-corrected chi connectivity index (χ2v) is 4.73. The number of aromatic nitrogens is 2. The van der Waals surface area contributed by atoms with E-state index in [9.17, 15) is 4.79 Å². The second kappa shape index (κ2) is 4.93. The first kappa shape index (κ1) is 13.4. The lowest BCUT2D eigenvalue weighted by Gasteiger charge is -2.08. The lowest BCUT2D eigenvalue weighted by Crippen LogP contribution is -2.15. The topological polar surface area (TPSA) is 72.9 Å². The first-order valence-corrected chi connectivity index (χ1v) is 6.15. The van der Waals surface area contributed by atoms with Crippen LogP contribution < -0.4 is 11.1 Å². The monoisotopic (exact) mass is 278 g/mol. The van der Waals surface area contributed by atoms with Crippen molar-refractivity contribution in [3.05, 3.63) is 40.2 Å². The Morgan fingerprint density at radius 3 is 2.68 bits per heavy atom. The average molecular weight is 279 g/mol. The fraction of sp³-hybridized carbons (Fsp3) is 0.231. The van der Waals surface area contributed by atoms with Crippen LogP contribution in [0.1, 0.15) is 21.7 Å². The van der Waals surface area contributed by atoms with E-state index in [1.807, 2.05) is 20.9 Å². The number of para-hydroxylation sites is 1. The highest BCUT2D eigenvalue weighted by Crippen LogP contribution is 2.25. The van der Waals surface area contributed by atoms with E-state index >= 15 is 0 Å². The number of nitrogens with one attached hydrogen (secondary N) is 1. The van der Waals surface area contributed by atoms with Gasteiger partial charge in [-0.1, -0.05) is 17.7 Å². The van der Waals surface area contributed by atoms with E-state index in [-0.39, 0.29) is 11.6 Å². The van der Waals surface area contributed by atoms with Gasteiger partial charge >= 0.3 is 0 Å². The summed E-state index contributed by atoms with van der Waals surface area (Å²) in [6, 6.07) is 4.97. The fourth-order valence-corrected chi connectivity index (χ4v) is 2.04. The van der Waals surface area contributed by atoms with E-state index in [4.69, 9.17) is 17.3 Å². The Hall–Kier alpha value is -2.01. The molecule has 0 aliphatic carbocycles. The number of nitrogen functional groups attached to an aromatic ring is 1. The molecule has 19 heavy (non-hydrogen) atoms. The minimum atomic E-state index is -0.292. The molecule has 2 rings (SSSR count). The zero-order chi connectivity index (χ0) is 14.2. The third-order valence-electron chi connectivity index (χ3n) is 3.05. The molecule has 0 bridgehead atoms. The number of carbonyl (C=O) groups excluding carboxylic acids is 1. The van der Waals surface area contributed by atoms with Crippen molar-refractivity contribution in [1.29, 1.82) is 0 Å². The number of aryl methyl sites for hydroxylation is 2. The standard InChI is InChI=1S/C13H15ClN4O/c1-7-12(8(2)18(3)17-7)16-13(19)9-5-4-6-10(14)11(9)15/h4-6H,15H2,1-3H3,(H,16,19). The van der Waals surface area contributed by atoms with Crippen LogP contribution in [0.5, 0.6) is 0 Å². The predicted molar refractivity (Wildman–Crippen MR) is 76.5 cm³/mol. The Morgan fingerprint density at radius 1 is 1.42 bits per heavy atom. The summed E-state index contributed by atoms with van der Waals surface area (Å²) in [6.45, 7) is 3.72. The van der Waals surface area contributed by atoms with Gasteiger partial charge in [-0.25, -0.2) is 0 Å². The van der Waals surface area contributed by atoms with Crippen molar-refractivity contribution in [2.75, 3.05) is 11.1 Å². The zero-order valence-corrected chi connectivity index (χ0v) is 11.7. The summed E-state index contributed by atoms with van der Waals surface area (Å²) in [4.78, 5) is 12.2. The molecule has 1 aromatic carbocycles. The summed E-state index contributed by atoms with van der Waals surface area (Å²) in [6.07, 6.45) is 0. The number of nitrogens with zero attached hydrogens (tertiary/aromatic N) is 2. The Kier molecular flexibility index (Phi) is 3.48. The molecular weight excluding hydrogens is 264 g/mol. The Morgan fingerprint density at radius 2 is 2.11 bits per heavy atom. The first-order chi connectivity index (χ1) is 8.91. The lowest BCUT2D eigenvalue weighted by atomic mass is 10.1. The molecule has 0 radical (unpaired) electrons. The van der Waals surface area contributed by atoms with E-state index in [0.29, 0.717) is 16.3 Å². The number of hydrogen-bond donors (Lipinski definition) is 2. The predicted octanol–water partition coefficient (Wildman–Crippen LogP) is 2.52. The number of rotatable bonds is 2. The normalized spacial score (nSPS) is 10.5. The van der Waals surface area contributed by atoms with Gasteiger partial charge in [-0.15, -0.1) is 0 Å². The number of amides is 1. The summed E-state index contributed by atoms with van der Waals surface area (Å²) in [5, 5.41) is 7.43. The van der Waals surface area contributed by atoms with E-state index < -0.39 is 0 Å². The van der Waals surface area contributed by atoms with Crippen LogP contribution in [-0.2, 0) is 7.05 Å². The molecule has 0 atom stereocenters. The van der Waals surface area contributed by atoms with E-state index in [1.54, 1.807) is 22.9 Å². The molecule has 100 valence electrons. The van der Waals surface area contributed by atoms with Crippen molar-refractivity contribution in [1.82, 2.24) is 9.78 Å². The Bertz CT molecular complexity index is 648. The smallest absolute Gasteiger partial charge is 0.257 e. The Balaban J connectivity index is 2.34. The highest BCUT2D eigenvalue weighted by molar-refractivity contribution is 6.34. The van der Waals surface area contributed by atoms with Gasteiger partial charge < -0.3 is 11.1 Å². The van der Waals surface area contributed by atoms with Crippen molar-refractivity contribution < 1.29 is 4.79 Å². The molecule has 1 heterocycles. The highest BCUT2D eigenvalue weighted by Gasteiger charge is 2.16. The summed E-state index contributed by atoms with van der Waals surface area (Å²) >= 11 is 5.91. The maximum atomic E-state index is 12.2. The van der Waals surface area contributed by atoms with Crippen molar-refractivity contribution in [2.24, 2.45) is 7.05 Å². The third kappa shape index (κ3) is 2.42. The van der Waals surface area contributed by atoms with Crippen LogP contribution in [0.25, 0.3) is 0 Å². The fourth-order valence-electron chi connectivity index (χ4n) is 1.87. The molecule has 2 aromatic rings. The minimum absolute atomic E-state index is 0.279. The molecule has 0 unspecified atom stereocenters. The lowest BCUT2D eigenvalue weighted by molar-refractivity contribution is 0.102. The molecule has 1 aromatic heterocycles. The number of carbonyl (C=O) groups is 1. The molecular formula is C13H15ClN4O. The van der Waals surface area contributed by atoms with Crippen LogP contribution in [-0.4, -0.2) is 15.7 Å². The molecule has 0 fully saturated rings. The molecule has 3 N–H and O–H groups in total. The van der Waals surface area contributed by atoms with Crippen LogP contribution in [0.15, 0.2) is 18.2 Å². The molecule has 1 amide bonds. The summed E-state index contributed by atoms with van der Waals surface area (Å²) in [5.41, 5.74) is 8.78. The SMILES string of the molecule is Cc1nn(C)c(C)c1NC(=O)c1cccc(Cl)c1N. The quantitative estimate of drug-likeness (QED) is 0.829.